The monoisotopic (exact) mass is 255 g/mol. The molecule has 2 rings (SSSR count). The van der Waals surface area contributed by atoms with Crippen molar-refractivity contribution in [2.45, 2.75) is 75.9 Å². The van der Waals surface area contributed by atoms with Crippen molar-refractivity contribution in [2.24, 2.45) is 5.92 Å². The Morgan fingerprint density at radius 2 is 1.56 bits per heavy atom. The second-order valence-electron chi connectivity index (χ2n) is 6.44. The van der Waals surface area contributed by atoms with E-state index in [2.05, 4.69) is 5.32 Å². The Kier molecular flexibility index (Phi) is 5.46. The number of hydrogen-bond acceptors (Lipinski definition) is 3. The summed E-state index contributed by atoms with van der Waals surface area (Å²) < 4.78 is 0. The summed E-state index contributed by atoms with van der Waals surface area (Å²) in [6, 6.07) is 0. The summed E-state index contributed by atoms with van der Waals surface area (Å²) in [5, 5.41) is 23.5. The lowest BCUT2D eigenvalue weighted by molar-refractivity contribution is 0.0233. The first-order valence-corrected chi connectivity index (χ1v) is 7.79. The number of nitrogens with one attached hydrogen (secondary N) is 1. The predicted octanol–water partition coefficient (Wildman–Crippen LogP) is 2.21. The maximum Gasteiger partial charge on any atom is 0.0771 e. The molecule has 0 aromatic rings. The summed E-state index contributed by atoms with van der Waals surface area (Å²) in [5.41, 5.74) is -0.454. The van der Waals surface area contributed by atoms with Crippen LogP contribution in [0.25, 0.3) is 0 Å². The van der Waals surface area contributed by atoms with Gasteiger partial charge in [-0.1, -0.05) is 25.7 Å². The molecule has 0 spiro atoms. The Morgan fingerprint density at radius 3 is 2.17 bits per heavy atom. The van der Waals surface area contributed by atoms with Gasteiger partial charge >= 0.3 is 0 Å². The fourth-order valence-corrected chi connectivity index (χ4v) is 3.42. The normalized spacial score (nSPS) is 33.0. The highest BCUT2D eigenvalue weighted by atomic mass is 16.3. The van der Waals surface area contributed by atoms with Crippen molar-refractivity contribution < 1.29 is 10.2 Å². The van der Waals surface area contributed by atoms with E-state index in [1.807, 2.05) is 0 Å². The van der Waals surface area contributed by atoms with Crippen LogP contribution in [0.1, 0.15) is 64.2 Å². The van der Waals surface area contributed by atoms with Gasteiger partial charge in [0.2, 0.25) is 0 Å². The lowest BCUT2D eigenvalue weighted by Gasteiger charge is -2.30. The molecule has 0 aromatic carbocycles. The molecule has 0 unspecified atom stereocenters. The summed E-state index contributed by atoms with van der Waals surface area (Å²) in [5.74, 6) is 0.697. The lowest BCUT2D eigenvalue weighted by Crippen LogP contribution is -2.42. The molecule has 2 saturated carbocycles. The van der Waals surface area contributed by atoms with Crippen LogP contribution in [0, 0.1) is 5.92 Å². The average molecular weight is 255 g/mol. The van der Waals surface area contributed by atoms with Gasteiger partial charge in [0.25, 0.3) is 0 Å². The molecule has 2 fully saturated rings. The zero-order valence-corrected chi connectivity index (χ0v) is 11.5. The zero-order chi connectivity index (χ0) is 12.8. The van der Waals surface area contributed by atoms with Crippen LogP contribution in [-0.2, 0) is 0 Å². The molecule has 2 aliphatic rings. The highest BCUT2D eigenvalue weighted by Gasteiger charge is 2.28. The van der Waals surface area contributed by atoms with Gasteiger partial charge in [-0.05, 0) is 51.0 Å². The molecule has 106 valence electrons. The number of hydrogen-bond donors (Lipinski definition) is 3. The SMILES string of the molecule is OC1CCC(CNCC2(O)CCCCCC2)CC1. The standard InChI is InChI=1S/C15H29NO2/c17-14-7-5-13(6-8-14)11-16-12-15(18)9-3-1-2-4-10-15/h13-14,16-18H,1-12H2. The van der Waals surface area contributed by atoms with Gasteiger partial charge in [-0.25, -0.2) is 0 Å². The third-order valence-electron chi connectivity index (χ3n) is 4.74. The van der Waals surface area contributed by atoms with Crippen LogP contribution in [0.3, 0.4) is 0 Å². The maximum absolute atomic E-state index is 10.5. The van der Waals surface area contributed by atoms with Crippen molar-refractivity contribution >= 4 is 0 Å². The first kappa shape index (κ1) is 14.3. The molecule has 3 nitrogen and oxygen atoms in total. The Hall–Kier alpha value is -0.120. The Balaban J connectivity index is 1.64. The van der Waals surface area contributed by atoms with Crippen LogP contribution < -0.4 is 5.32 Å². The Morgan fingerprint density at radius 1 is 0.944 bits per heavy atom. The summed E-state index contributed by atoms with van der Waals surface area (Å²) in [7, 11) is 0. The summed E-state index contributed by atoms with van der Waals surface area (Å²) in [6.45, 7) is 1.76. The van der Waals surface area contributed by atoms with E-state index >= 15 is 0 Å². The van der Waals surface area contributed by atoms with E-state index in [-0.39, 0.29) is 6.10 Å². The maximum atomic E-state index is 10.5. The van der Waals surface area contributed by atoms with Gasteiger partial charge in [-0.15, -0.1) is 0 Å². The van der Waals surface area contributed by atoms with E-state index in [0.29, 0.717) is 5.92 Å². The van der Waals surface area contributed by atoms with E-state index in [1.54, 1.807) is 0 Å². The van der Waals surface area contributed by atoms with E-state index in [0.717, 1.165) is 51.6 Å². The van der Waals surface area contributed by atoms with E-state index in [4.69, 9.17) is 0 Å². The minimum atomic E-state index is -0.454. The van der Waals surface area contributed by atoms with Crippen molar-refractivity contribution in [3.8, 4) is 0 Å². The van der Waals surface area contributed by atoms with Crippen molar-refractivity contribution in [1.29, 1.82) is 0 Å². The molecular weight excluding hydrogens is 226 g/mol. The minimum absolute atomic E-state index is 0.0627. The summed E-state index contributed by atoms with van der Waals surface area (Å²) in [4.78, 5) is 0. The molecule has 3 heteroatoms. The van der Waals surface area contributed by atoms with E-state index in [9.17, 15) is 10.2 Å². The van der Waals surface area contributed by atoms with Gasteiger partial charge in [-0.2, -0.15) is 0 Å². The summed E-state index contributed by atoms with van der Waals surface area (Å²) in [6.07, 6.45) is 10.9. The van der Waals surface area contributed by atoms with Crippen molar-refractivity contribution in [2.75, 3.05) is 13.1 Å². The molecular formula is C15H29NO2. The van der Waals surface area contributed by atoms with Crippen molar-refractivity contribution in [3.63, 3.8) is 0 Å². The largest absolute Gasteiger partial charge is 0.393 e. The van der Waals surface area contributed by atoms with Crippen molar-refractivity contribution in [3.05, 3.63) is 0 Å². The van der Waals surface area contributed by atoms with Gasteiger partial charge in [0, 0.05) is 6.54 Å². The lowest BCUT2D eigenvalue weighted by atomic mass is 9.87. The second-order valence-corrected chi connectivity index (χ2v) is 6.44. The Bertz CT molecular complexity index is 229. The molecule has 0 amide bonds. The smallest absolute Gasteiger partial charge is 0.0771 e. The predicted molar refractivity (Wildman–Crippen MR) is 73.5 cm³/mol. The van der Waals surface area contributed by atoms with E-state index < -0.39 is 5.60 Å². The first-order valence-electron chi connectivity index (χ1n) is 7.79. The molecule has 0 atom stereocenters. The van der Waals surface area contributed by atoms with Gasteiger partial charge in [0.1, 0.15) is 0 Å². The molecule has 0 heterocycles. The average Bonchev–Trinajstić information content (AvgIpc) is 2.57. The third kappa shape index (κ3) is 4.52. The second kappa shape index (κ2) is 6.88. The van der Waals surface area contributed by atoms with Crippen LogP contribution in [0.2, 0.25) is 0 Å². The molecule has 0 aromatic heterocycles. The highest BCUT2D eigenvalue weighted by Crippen LogP contribution is 2.27. The van der Waals surface area contributed by atoms with Gasteiger partial charge in [0.15, 0.2) is 0 Å². The van der Waals surface area contributed by atoms with Gasteiger partial charge < -0.3 is 15.5 Å². The van der Waals surface area contributed by atoms with Crippen LogP contribution >= 0.6 is 0 Å². The first-order chi connectivity index (χ1) is 8.68. The van der Waals surface area contributed by atoms with Crippen LogP contribution in [-0.4, -0.2) is 35.0 Å². The molecule has 0 bridgehead atoms. The van der Waals surface area contributed by atoms with Crippen molar-refractivity contribution in [1.82, 2.24) is 5.32 Å². The third-order valence-corrected chi connectivity index (χ3v) is 4.74. The molecule has 0 saturated heterocycles. The number of aliphatic hydroxyl groups is 2. The zero-order valence-electron chi connectivity index (χ0n) is 11.5. The number of rotatable bonds is 4. The highest BCUT2D eigenvalue weighted by molar-refractivity contribution is 4.84. The van der Waals surface area contributed by atoms with Crippen LogP contribution in [0.4, 0.5) is 0 Å². The quantitative estimate of drug-likeness (QED) is 0.675. The fraction of sp³-hybridized carbons (Fsp3) is 1.00. The Labute approximate surface area is 111 Å². The molecule has 2 aliphatic carbocycles. The van der Waals surface area contributed by atoms with E-state index in [1.165, 1.54) is 25.7 Å². The number of aliphatic hydroxyl groups excluding tert-OH is 1. The molecule has 3 N–H and O–H groups in total. The fourth-order valence-electron chi connectivity index (χ4n) is 3.42. The van der Waals surface area contributed by atoms with Crippen LogP contribution in [0.5, 0.6) is 0 Å². The molecule has 0 radical (unpaired) electrons. The molecule has 18 heavy (non-hydrogen) atoms. The topological polar surface area (TPSA) is 52.5 Å². The summed E-state index contributed by atoms with van der Waals surface area (Å²) >= 11 is 0. The van der Waals surface area contributed by atoms with Gasteiger partial charge in [-0.3, -0.25) is 0 Å². The van der Waals surface area contributed by atoms with Crippen LogP contribution in [0.15, 0.2) is 0 Å². The van der Waals surface area contributed by atoms with Gasteiger partial charge in [0.05, 0.1) is 11.7 Å². The molecule has 0 aliphatic heterocycles. The minimum Gasteiger partial charge on any atom is -0.393 e.